The second-order valence-corrected chi connectivity index (χ2v) is 9.00. The number of amides is 2. The maximum absolute atomic E-state index is 13.1. The van der Waals surface area contributed by atoms with Gasteiger partial charge in [-0.25, -0.2) is 5.43 Å². The molecule has 0 saturated heterocycles. The van der Waals surface area contributed by atoms with Gasteiger partial charge in [0.25, 0.3) is 11.8 Å². The summed E-state index contributed by atoms with van der Waals surface area (Å²) in [7, 11) is 3.86. The molecule has 0 bridgehead atoms. The summed E-state index contributed by atoms with van der Waals surface area (Å²) in [6.07, 6.45) is 2.90. The summed E-state index contributed by atoms with van der Waals surface area (Å²) in [6.45, 7) is 5.70. The fourth-order valence-electron chi connectivity index (χ4n) is 3.68. The number of phenols is 1. The van der Waals surface area contributed by atoms with Crippen LogP contribution in [-0.4, -0.2) is 50.3 Å². The van der Waals surface area contributed by atoms with Gasteiger partial charge in [-0.05, 0) is 61.9 Å². The number of hydrazone groups is 1. The summed E-state index contributed by atoms with van der Waals surface area (Å²) in [6, 6.07) is 19.3. The maximum Gasteiger partial charge on any atom is 0.287 e. The van der Waals surface area contributed by atoms with Crippen molar-refractivity contribution in [3.8, 4) is 5.75 Å². The van der Waals surface area contributed by atoms with E-state index in [-0.39, 0.29) is 22.0 Å². The van der Waals surface area contributed by atoms with Crippen LogP contribution in [0.5, 0.6) is 5.75 Å². The first kappa shape index (κ1) is 28.3. The molecule has 3 rings (SSSR count). The van der Waals surface area contributed by atoms with Crippen LogP contribution < -0.4 is 20.5 Å². The van der Waals surface area contributed by atoms with Crippen molar-refractivity contribution in [2.24, 2.45) is 5.10 Å². The van der Waals surface area contributed by atoms with E-state index in [2.05, 4.69) is 20.7 Å². The third-order valence-corrected chi connectivity index (χ3v) is 6.17. The maximum atomic E-state index is 13.1. The Bertz CT molecular complexity index is 1330. The molecule has 0 aliphatic rings. The number of carbonyl (C=O) groups excluding carboxylic acids is 2. The number of hydrogen-bond acceptors (Lipinski definition) is 6. The van der Waals surface area contributed by atoms with Gasteiger partial charge in [-0.15, -0.1) is 0 Å². The Labute approximate surface area is 228 Å². The summed E-state index contributed by atoms with van der Waals surface area (Å²) >= 11 is 6.17. The van der Waals surface area contributed by atoms with Gasteiger partial charge in [0.1, 0.15) is 11.4 Å². The first-order valence-electron chi connectivity index (χ1n) is 12.2. The van der Waals surface area contributed by atoms with E-state index in [0.717, 1.165) is 24.5 Å². The fraction of sp³-hybridized carbons (Fsp3) is 0.207. The second-order valence-electron chi connectivity index (χ2n) is 8.59. The Morgan fingerprint density at radius 3 is 2.24 bits per heavy atom. The van der Waals surface area contributed by atoms with Gasteiger partial charge in [0.05, 0.1) is 16.8 Å². The zero-order valence-corrected chi connectivity index (χ0v) is 22.7. The molecule has 2 amide bonds. The summed E-state index contributed by atoms with van der Waals surface area (Å²) in [5.74, 6) is -1.13. The number of phenolic OH excluding ortho intramolecular Hbond substituents is 1. The van der Waals surface area contributed by atoms with Crippen molar-refractivity contribution < 1.29 is 14.7 Å². The molecule has 0 heterocycles. The Hall–Kier alpha value is -4.30. The van der Waals surface area contributed by atoms with Gasteiger partial charge in [-0.1, -0.05) is 35.9 Å². The van der Waals surface area contributed by atoms with Crippen LogP contribution in [0.3, 0.4) is 0 Å². The number of hydrogen-bond donors (Lipinski definition) is 3. The third-order valence-electron chi connectivity index (χ3n) is 5.84. The lowest BCUT2D eigenvalue weighted by Crippen LogP contribution is -2.33. The SMILES string of the molecule is CCN(CC)c1ccc(C=NNC(=O)C(=Cc2ccc(N(C)C)cc2)NC(=O)c2ccccc2Cl)c(O)c1. The molecule has 0 spiro atoms. The predicted molar refractivity (Wildman–Crippen MR) is 155 cm³/mol. The highest BCUT2D eigenvalue weighted by atomic mass is 35.5. The molecule has 3 aromatic carbocycles. The normalized spacial score (nSPS) is 11.3. The third kappa shape index (κ3) is 7.36. The second kappa shape index (κ2) is 13.3. The Balaban J connectivity index is 1.82. The van der Waals surface area contributed by atoms with Crippen LogP contribution in [0.1, 0.15) is 35.3 Å². The van der Waals surface area contributed by atoms with Crippen molar-refractivity contribution in [2.45, 2.75) is 13.8 Å². The van der Waals surface area contributed by atoms with Crippen molar-refractivity contribution in [1.82, 2.24) is 10.7 Å². The standard InChI is InChI=1S/C29H32ClN5O3/c1-5-35(6-2)23-16-13-21(27(36)18-23)19-31-33-29(38)26(17-20-11-14-22(15-12-20)34(3)4)32-28(37)24-9-7-8-10-25(24)30/h7-19,36H,5-6H2,1-4H3,(H,32,37)(H,33,38). The number of halogens is 1. The molecule has 3 N–H and O–H groups in total. The highest BCUT2D eigenvalue weighted by molar-refractivity contribution is 6.34. The van der Waals surface area contributed by atoms with E-state index < -0.39 is 11.8 Å². The number of nitrogens with one attached hydrogen (secondary N) is 2. The van der Waals surface area contributed by atoms with Crippen molar-refractivity contribution >= 4 is 47.1 Å². The van der Waals surface area contributed by atoms with Gasteiger partial charge in [-0.2, -0.15) is 5.10 Å². The minimum atomic E-state index is -0.641. The summed E-state index contributed by atoms with van der Waals surface area (Å²) in [5, 5.41) is 17.3. The van der Waals surface area contributed by atoms with Gasteiger partial charge >= 0.3 is 0 Å². The average Bonchev–Trinajstić information content (AvgIpc) is 2.90. The quantitative estimate of drug-likeness (QED) is 0.196. The molecule has 0 unspecified atom stereocenters. The van der Waals surface area contributed by atoms with Crippen LogP contribution in [0, 0.1) is 0 Å². The van der Waals surface area contributed by atoms with Crippen LogP contribution in [-0.2, 0) is 4.79 Å². The van der Waals surface area contributed by atoms with Crippen LogP contribution in [0.15, 0.2) is 77.5 Å². The summed E-state index contributed by atoms with van der Waals surface area (Å²) in [4.78, 5) is 30.0. The van der Waals surface area contributed by atoms with Crippen LogP contribution in [0.2, 0.25) is 5.02 Å². The van der Waals surface area contributed by atoms with E-state index in [4.69, 9.17) is 11.6 Å². The molecule has 0 fully saturated rings. The van der Waals surface area contributed by atoms with Gasteiger partial charge < -0.3 is 20.2 Å². The van der Waals surface area contributed by atoms with Gasteiger partial charge in [0.15, 0.2) is 0 Å². The van der Waals surface area contributed by atoms with Gasteiger partial charge in [-0.3, -0.25) is 9.59 Å². The van der Waals surface area contributed by atoms with E-state index in [0.29, 0.717) is 11.1 Å². The molecule has 0 aromatic heterocycles. The molecule has 0 radical (unpaired) electrons. The van der Waals surface area contributed by atoms with Crippen molar-refractivity contribution in [3.05, 3.63) is 94.1 Å². The highest BCUT2D eigenvalue weighted by Crippen LogP contribution is 2.23. The Morgan fingerprint density at radius 1 is 0.974 bits per heavy atom. The number of nitrogens with zero attached hydrogens (tertiary/aromatic N) is 3. The number of carbonyl (C=O) groups is 2. The molecule has 3 aromatic rings. The molecular weight excluding hydrogens is 502 g/mol. The molecule has 38 heavy (non-hydrogen) atoms. The van der Waals surface area contributed by atoms with Gasteiger partial charge in [0.2, 0.25) is 0 Å². The van der Waals surface area contributed by atoms with E-state index in [9.17, 15) is 14.7 Å². The molecule has 0 aliphatic carbocycles. The van der Waals surface area contributed by atoms with E-state index >= 15 is 0 Å². The highest BCUT2D eigenvalue weighted by Gasteiger charge is 2.16. The van der Waals surface area contributed by atoms with Crippen LogP contribution >= 0.6 is 11.6 Å². The van der Waals surface area contributed by atoms with Crippen molar-refractivity contribution in [3.63, 3.8) is 0 Å². The minimum absolute atomic E-state index is 0.0224. The Kier molecular flexibility index (Phi) is 9.90. The largest absolute Gasteiger partial charge is 0.507 e. The molecule has 0 saturated carbocycles. The first-order chi connectivity index (χ1) is 18.2. The van der Waals surface area contributed by atoms with E-state index in [1.54, 1.807) is 42.5 Å². The van der Waals surface area contributed by atoms with Crippen molar-refractivity contribution in [2.75, 3.05) is 37.0 Å². The number of anilines is 2. The molecule has 8 nitrogen and oxygen atoms in total. The topological polar surface area (TPSA) is 97.3 Å². The molecule has 0 aliphatic heterocycles. The summed E-state index contributed by atoms with van der Waals surface area (Å²) in [5.41, 5.74) is 5.66. The Morgan fingerprint density at radius 2 is 1.63 bits per heavy atom. The van der Waals surface area contributed by atoms with Crippen LogP contribution in [0.25, 0.3) is 6.08 Å². The zero-order valence-electron chi connectivity index (χ0n) is 21.9. The van der Waals surface area contributed by atoms with Gasteiger partial charge in [0, 0.05) is 50.2 Å². The lowest BCUT2D eigenvalue weighted by molar-refractivity contribution is -0.117. The van der Waals surface area contributed by atoms with E-state index in [1.807, 2.05) is 63.2 Å². The molecule has 0 atom stereocenters. The molecule has 9 heteroatoms. The average molecular weight is 534 g/mol. The van der Waals surface area contributed by atoms with E-state index in [1.165, 1.54) is 6.21 Å². The molecular formula is C29H32ClN5O3. The fourth-order valence-corrected chi connectivity index (χ4v) is 3.90. The predicted octanol–water partition coefficient (Wildman–Crippen LogP) is 4.88. The lowest BCUT2D eigenvalue weighted by atomic mass is 10.1. The smallest absolute Gasteiger partial charge is 0.287 e. The lowest BCUT2D eigenvalue weighted by Gasteiger charge is -2.21. The monoisotopic (exact) mass is 533 g/mol. The number of rotatable bonds is 10. The molecule has 198 valence electrons. The first-order valence-corrected chi connectivity index (χ1v) is 12.6. The van der Waals surface area contributed by atoms with Crippen molar-refractivity contribution in [1.29, 1.82) is 0 Å². The number of aromatic hydroxyl groups is 1. The summed E-state index contributed by atoms with van der Waals surface area (Å²) < 4.78 is 0. The number of benzene rings is 3. The minimum Gasteiger partial charge on any atom is -0.507 e. The van der Waals surface area contributed by atoms with Crippen LogP contribution in [0.4, 0.5) is 11.4 Å². The zero-order chi connectivity index (χ0) is 27.7.